The molecule has 3 aromatic rings. The maximum atomic E-state index is 12.6. The van der Waals surface area contributed by atoms with E-state index >= 15 is 0 Å². The van der Waals surface area contributed by atoms with Crippen molar-refractivity contribution in [3.8, 4) is 0 Å². The van der Waals surface area contributed by atoms with Crippen molar-refractivity contribution in [3.63, 3.8) is 0 Å². The largest absolute Gasteiger partial charge is 0.358 e. The molecule has 4 rings (SSSR count). The average molecular weight is 418 g/mol. The van der Waals surface area contributed by atoms with Crippen molar-refractivity contribution in [1.82, 2.24) is 14.6 Å². The van der Waals surface area contributed by atoms with Gasteiger partial charge in [-0.15, -0.1) is 11.3 Å². The average Bonchev–Trinajstić information content (AvgIpc) is 3.30. The van der Waals surface area contributed by atoms with Gasteiger partial charge in [-0.3, -0.25) is 4.79 Å². The van der Waals surface area contributed by atoms with Crippen LogP contribution in [0, 0.1) is 0 Å². The summed E-state index contributed by atoms with van der Waals surface area (Å²) in [5, 5.41) is 4.04. The van der Waals surface area contributed by atoms with Crippen LogP contribution in [0.15, 0.2) is 34.5 Å². The monoisotopic (exact) mass is 417 g/mol. The van der Waals surface area contributed by atoms with Crippen molar-refractivity contribution in [2.75, 3.05) is 14.1 Å². The van der Waals surface area contributed by atoms with Gasteiger partial charge in [0.25, 0.3) is 15.9 Å². The molecule has 2 aromatic heterocycles. The number of thiophene rings is 1. The van der Waals surface area contributed by atoms with Gasteiger partial charge >= 0.3 is 0 Å². The molecule has 0 unspecified atom stereocenters. The molecule has 8 heteroatoms. The van der Waals surface area contributed by atoms with E-state index in [2.05, 4.69) is 10.3 Å². The number of fused-ring (bicyclic) bond motifs is 3. The quantitative estimate of drug-likeness (QED) is 0.668. The van der Waals surface area contributed by atoms with Crippen LogP contribution in [-0.2, 0) is 29.4 Å². The van der Waals surface area contributed by atoms with Crippen molar-refractivity contribution in [2.24, 2.45) is 0 Å². The standard InChI is InChI=1S/C20H23N3O3S2/c1-23(2)28(25,26)19-10-8-14(27-19)12-21-20(24)13-7-9-18-16(11-13)15-5-3-4-6-17(15)22-18/h7-11,22H,3-6,12H2,1-2H3,(H,21,24). The second-order valence-corrected chi connectivity index (χ2v) is 10.8. The first kappa shape index (κ1) is 19.2. The van der Waals surface area contributed by atoms with Crippen molar-refractivity contribution in [1.29, 1.82) is 0 Å². The third-order valence-electron chi connectivity index (χ3n) is 5.16. The van der Waals surface area contributed by atoms with E-state index in [1.165, 1.54) is 53.8 Å². The summed E-state index contributed by atoms with van der Waals surface area (Å²) in [4.78, 5) is 16.9. The number of aromatic nitrogens is 1. The predicted molar refractivity (Wildman–Crippen MR) is 111 cm³/mol. The van der Waals surface area contributed by atoms with E-state index in [-0.39, 0.29) is 10.1 Å². The Labute approximate surface area is 168 Å². The number of amides is 1. The molecule has 1 aliphatic carbocycles. The third-order valence-corrected chi connectivity index (χ3v) is 8.52. The van der Waals surface area contributed by atoms with Gasteiger partial charge in [0.15, 0.2) is 0 Å². The number of rotatable bonds is 5. The number of nitrogens with zero attached hydrogens (tertiary/aromatic N) is 1. The number of H-pyrrole nitrogens is 1. The zero-order valence-corrected chi connectivity index (χ0v) is 17.5. The van der Waals surface area contributed by atoms with E-state index < -0.39 is 10.0 Å². The van der Waals surface area contributed by atoms with Crippen molar-refractivity contribution < 1.29 is 13.2 Å². The van der Waals surface area contributed by atoms with Crippen LogP contribution >= 0.6 is 11.3 Å². The minimum Gasteiger partial charge on any atom is -0.358 e. The predicted octanol–water partition coefficient (Wildman–Crippen LogP) is 3.29. The van der Waals surface area contributed by atoms with Crippen molar-refractivity contribution in [3.05, 3.63) is 52.0 Å². The lowest BCUT2D eigenvalue weighted by Crippen LogP contribution is -2.22. The van der Waals surface area contributed by atoms with Crippen LogP contribution in [0.2, 0.25) is 0 Å². The summed E-state index contributed by atoms with van der Waals surface area (Å²) >= 11 is 1.18. The number of hydrogen-bond acceptors (Lipinski definition) is 4. The van der Waals surface area contributed by atoms with Crippen LogP contribution in [0.4, 0.5) is 0 Å². The molecule has 1 aromatic carbocycles. The van der Waals surface area contributed by atoms with Crippen LogP contribution in [0.1, 0.15) is 39.3 Å². The molecule has 0 atom stereocenters. The molecule has 1 aliphatic rings. The van der Waals surface area contributed by atoms with Gasteiger partial charge < -0.3 is 10.3 Å². The molecule has 0 spiro atoms. The highest BCUT2D eigenvalue weighted by atomic mass is 32.2. The van der Waals surface area contributed by atoms with Crippen LogP contribution in [0.3, 0.4) is 0 Å². The zero-order valence-electron chi connectivity index (χ0n) is 15.9. The Balaban J connectivity index is 1.49. The number of carbonyl (C=O) groups excluding carboxylic acids is 1. The number of benzene rings is 1. The SMILES string of the molecule is CN(C)S(=O)(=O)c1ccc(CNC(=O)c2ccc3[nH]c4c(c3c2)CCCC4)s1. The highest BCUT2D eigenvalue weighted by Gasteiger charge is 2.20. The van der Waals surface area contributed by atoms with Crippen molar-refractivity contribution in [2.45, 2.75) is 36.4 Å². The Bertz CT molecular complexity index is 1140. The number of carbonyl (C=O) groups is 1. The van der Waals surface area contributed by atoms with E-state index in [1.54, 1.807) is 12.1 Å². The number of aromatic amines is 1. The van der Waals surface area contributed by atoms with E-state index in [1.807, 2.05) is 18.2 Å². The van der Waals surface area contributed by atoms with Gasteiger partial charge in [-0.1, -0.05) is 0 Å². The molecule has 6 nitrogen and oxygen atoms in total. The summed E-state index contributed by atoms with van der Waals surface area (Å²) in [5.74, 6) is -0.155. The molecule has 0 saturated carbocycles. The highest BCUT2D eigenvalue weighted by molar-refractivity contribution is 7.91. The van der Waals surface area contributed by atoms with E-state index in [4.69, 9.17) is 0 Å². The summed E-state index contributed by atoms with van der Waals surface area (Å²) in [6.07, 6.45) is 4.52. The Morgan fingerprint density at radius 2 is 1.96 bits per heavy atom. The Morgan fingerprint density at radius 1 is 1.18 bits per heavy atom. The topological polar surface area (TPSA) is 82.3 Å². The van der Waals surface area contributed by atoms with E-state index in [9.17, 15) is 13.2 Å². The summed E-state index contributed by atoms with van der Waals surface area (Å²) in [6, 6.07) is 9.08. The van der Waals surface area contributed by atoms with Gasteiger partial charge in [-0.05, 0) is 61.6 Å². The maximum Gasteiger partial charge on any atom is 0.252 e. The fourth-order valence-corrected chi connectivity index (χ4v) is 6.05. The second kappa shape index (κ2) is 7.35. The second-order valence-electron chi connectivity index (χ2n) is 7.24. The molecule has 2 N–H and O–H groups in total. The molecule has 2 heterocycles. The molecule has 0 saturated heterocycles. The summed E-state index contributed by atoms with van der Waals surface area (Å²) < 4.78 is 25.8. The first-order valence-electron chi connectivity index (χ1n) is 9.29. The van der Waals surface area contributed by atoms with E-state index in [0.29, 0.717) is 12.1 Å². The van der Waals surface area contributed by atoms with Gasteiger partial charge in [0.05, 0.1) is 6.54 Å². The normalized spacial score (nSPS) is 14.4. The number of sulfonamides is 1. The maximum absolute atomic E-state index is 12.6. The number of aryl methyl sites for hydroxylation is 2. The lowest BCUT2D eigenvalue weighted by molar-refractivity contribution is 0.0951. The van der Waals surface area contributed by atoms with E-state index in [0.717, 1.165) is 28.6 Å². The first-order valence-corrected chi connectivity index (χ1v) is 11.5. The molecule has 28 heavy (non-hydrogen) atoms. The lowest BCUT2D eigenvalue weighted by Gasteiger charge is -2.10. The van der Waals surface area contributed by atoms with Gasteiger partial charge in [0.1, 0.15) is 4.21 Å². The van der Waals surface area contributed by atoms with Gasteiger partial charge in [0, 0.05) is 41.1 Å². The zero-order chi connectivity index (χ0) is 19.9. The summed E-state index contributed by atoms with van der Waals surface area (Å²) in [7, 11) is -0.425. The molecule has 0 fully saturated rings. The number of hydrogen-bond donors (Lipinski definition) is 2. The van der Waals surface area contributed by atoms with Crippen LogP contribution in [0.5, 0.6) is 0 Å². The molecular weight excluding hydrogens is 394 g/mol. The summed E-state index contributed by atoms with van der Waals surface area (Å²) in [6.45, 7) is 0.301. The fraction of sp³-hybridized carbons (Fsp3) is 0.350. The third kappa shape index (κ3) is 3.47. The minimum absolute atomic E-state index is 0.155. The first-order chi connectivity index (χ1) is 13.4. The number of nitrogens with one attached hydrogen (secondary N) is 2. The molecule has 1 amide bonds. The van der Waals surface area contributed by atoms with Gasteiger partial charge in [-0.25, -0.2) is 12.7 Å². The van der Waals surface area contributed by atoms with Crippen LogP contribution in [0.25, 0.3) is 10.9 Å². The fourth-order valence-electron chi connectivity index (χ4n) is 3.59. The Hall–Kier alpha value is -2.16. The molecule has 0 aliphatic heterocycles. The van der Waals surface area contributed by atoms with Crippen molar-refractivity contribution >= 4 is 38.2 Å². The van der Waals surface area contributed by atoms with Crippen LogP contribution in [-0.4, -0.2) is 37.7 Å². The van der Waals surface area contributed by atoms with Crippen LogP contribution < -0.4 is 5.32 Å². The minimum atomic E-state index is -3.44. The Kier molecular flexibility index (Phi) is 5.03. The molecule has 148 valence electrons. The molecule has 0 radical (unpaired) electrons. The van der Waals surface area contributed by atoms with Gasteiger partial charge in [-0.2, -0.15) is 0 Å². The molecular formula is C20H23N3O3S2. The summed E-state index contributed by atoms with van der Waals surface area (Å²) in [5.41, 5.74) is 4.34. The lowest BCUT2D eigenvalue weighted by atomic mass is 9.95. The Morgan fingerprint density at radius 3 is 2.75 bits per heavy atom. The smallest absolute Gasteiger partial charge is 0.252 e. The van der Waals surface area contributed by atoms with Gasteiger partial charge in [0.2, 0.25) is 0 Å². The molecule has 0 bridgehead atoms. The highest BCUT2D eigenvalue weighted by Crippen LogP contribution is 2.30.